The van der Waals surface area contributed by atoms with Crippen molar-refractivity contribution in [2.24, 2.45) is 5.41 Å². The number of aliphatic hydroxyl groups excluding tert-OH is 1. The lowest BCUT2D eigenvalue weighted by atomic mass is 9.85. The average Bonchev–Trinajstić information content (AvgIpc) is 2.56. The largest absolute Gasteiger partial charge is 0.467 e. The summed E-state index contributed by atoms with van der Waals surface area (Å²) < 4.78 is 4.52. The number of amides is 2. The van der Waals surface area contributed by atoms with Crippen LogP contribution >= 0.6 is 0 Å². The standard InChI is InChI=1S/C17H24N2O5/c1-17(2,3)13(15(22)18-12(10-20)16(23)24-4)19-14(21)11-8-6-5-7-9-11/h5-9,12-13,20H,10H2,1-4H3,(H,18,22)(H,19,21)/t12?,13-/m1/s1. The normalized spacial score (nSPS) is 13.5. The van der Waals surface area contributed by atoms with Crippen molar-refractivity contribution in [1.29, 1.82) is 0 Å². The number of carbonyl (C=O) groups is 3. The van der Waals surface area contributed by atoms with Gasteiger partial charge in [0.1, 0.15) is 6.04 Å². The number of esters is 1. The average molecular weight is 336 g/mol. The van der Waals surface area contributed by atoms with Gasteiger partial charge in [0.05, 0.1) is 13.7 Å². The van der Waals surface area contributed by atoms with Gasteiger partial charge in [0, 0.05) is 5.56 Å². The van der Waals surface area contributed by atoms with Crippen LogP contribution in [0.1, 0.15) is 31.1 Å². The molecule has 0 aliphatic heterocycles. The highest BCUT2D eigenvalue weighted by molar-refractivity contribution is 5.98. The van der Waals surface area contributed by atoms with Crippen LogP contribution < -0.4 is 10.6 Å². The van der Waals surface area contributed by atoms with Crippen LogP contribution in [0, 0.1) is 5.41 Å². The molecule has 0 fully saturated rings. The number of nitrogens with one attached hydrogen (secondary N) is 2. The van der Waals surface area contributed by atoms with Crippen LogP contribution in [0.2, 0.25) is 0 Å². The Bertz CT molecular complexity index is 580. The first-order valence-electron chi connectivity index (χ1n) is 7.55. The molecule has 0 aromatic heterocycles. The number of carbonyl (C=O) groups excluding carboxylic acids is 3. The molecule has 0 aliphatic carbocycles. The van der Waals surface area contributed by atoms with Gasteiger partial charge in [-0.1, -0.05) is 39.0 Å². The molecular formula is C17H24N2O5. The molecule has 0 saturated carbocycles. The van der Waals surface area contributed by atoms with Crippen LogP contribution in [-0.2, 0) is 14.3 Å². The molecular weight excluding hydrogens is 312 g/mol. The fourth-order valence-corrected chi connectivity index (χ4v) is 2.06. The number of methoxy groups -OCH3 is 1. The van der Waals surface area contributed by atoms with E-state index in [9.17, 15) is 19.5 Å². The van der Waals surface area contributed by atoms with Crippen molar-refractivity contribution in [2.45, 2.75) is 32.9 Å². The first-order chi connectivity index (χ1) is 11.2. The number of rotatable bonds is 6. The molecule has 0 bridgehead atoms. The molecule has 7 nitrogen and oxygen atoms in total. The van der Waals surface area contributed by atoms with E-state index in [0.717, 1.165) is 7.11 Å². The molecule has 0 aliphatic rings. The zero-order chi connectivity index (χ0) is 18.3. The van der Waals surface area contributed by atoms with Gasteiger partial charge in [0.2, 0.25) is 5.91 Å². The quantitative estimate of drug-likeness (QED) is 0.656. The summed E-state index contributed by atoms with van der Waals surface area (Å²) in [6, 6.07) is 6.42. The zero-order valence-corrected chi connectivity index (χ0v) is 14.3. The van der Waals surface area contributed by atoms with Gasteiger partial charge < -0.3 is 20.5 Å². The lowest BCUT2D eigenvalue weighted by Crippen LogP contribution is -2.57. The lowest BCUT2D eigenvalue weighted by Gasteiger charge is -2.31. The van der Waals surface area contributed by atoms with Gasteiger partial charge in [-0.2, -0.15) is 0 Å². The third-order valence-electron chi connectivity index (χ3n) is 3.42. The number of hydrogen-bond donors (Lipinski definition) is 3. The van der Waals surface area contributed by atoms with Crippen LogP contribution in [0.4, 0.5) is 0 Å². The molecule has 0 saturated heterocycles. The minimum Gasteiger partial charge on any atom is -0.467 e. The molecule has 2 atom stereocenters. The Kier molecular flexibility index (Phi) is 6.91. The maximum atomic E-state index is 12.5. The van der Waals surface area contributed by atoms with Crippen LogP contribution in [0.3, 0.4) is 0 Å². The van der Waals surface area contributed by atoms with Gasteiger partial charge >= 0.3 is 5.97 Å². The van der Waals surface area contributed by atoms with Crippen molar-refractivity contribution in [2.75, 3.05) is 13.7 Å². The highest BCUT2D eigenvalue weighted by Crippen LogP contribution is 2.20. The van der Waals surface area contributed by atoms with Crippen molar-refractivity contribution in [3.63, 3.8) is 0 Å². The molecule has 1 unspecified atom stereocenters. The van der Waals surface area contributed by atoms with Crippen molar-refractivity contribution < 1.29 is 24.2 Å². The minimum atomic E-state index is -1.18. The maximum absolute atomic E-state index is 12.5. The molecule has 1 aromatic rings. The summed E-state index contributed by atoms with van der Waals surface area (Å²) in [5.74, 6) is -1.73. The predicted molar refractivity (Wildman–Crippen MR) is 88.2 cm³/mol. The van der Waals surface area contributed by atoms with Crippen molar-refractivity contribution >= 4 is 17.8 Å². The van der Waals surface area contributed by atoms with Crippen LogP contribution in [0.25, 0.3) is 0 Å². The van der Waals surface area contributed by atoms with E-state index in [0.29, 0.717) is 5.56 Å². The molecule has 0 spiro atoms. The molecule has 132 valence electrons. The molecule has 7 heteroatoms. The SMILES string of the molecule is COC(=O)C(CO)NC(=O)[C@@H](NC(=O)c1ccccc1)C(C)(C)C. The summed E-state index contributed by atoms with van der Waals surface area (Å²) in [4.78, 5) is 36.3. The molecule has 0 radical (unpaired) electrons. The van der Waals surface area contributed by atoms with Gasteiger partial charge in [0.15, 0.2) is 6.04 Å². The number of hydrogen-bond acceptors (Lipinski definition) is 5. The third kappa shape index (κ3) is 5.34. The van der Waals surface area contributed by atoms with Gasteiger partial charge in [0.25, 0.3) is 5.91 Å². The fraction of sp³-hybridized carbons (Fsp3) is 0.471. The molecule has 1 aromatic carbocycles. The van der Waals surface area contributed by atoms with Gasteiger partial charge in [-0.25, -0.2) is 4.79 Å². The summed E-state index contributed by atoms with van der Waals surface area (Å²) in [5, 5.41) is 14.3. The minimum absolute atomic E-state index is 0.399. The van der Waals surface area contributed by atoms with Crippen LogP contribution in [-0.4, -0.2) is 48.7 Å². The van der Waals surface area contributed by atoms with Crippen molar-refractivity contribution in [1.82, 2.24) is 10.6 Å². The fourth-order valence-electron chi connectivity index (χ4n) is 2.06. The Labute approximate surface area is 141 Å². The number of ether oxygens (including phenoxy) is 1. The molecule has 1 rings (SSSR count). The van der Waals surface area contributed by atoms with Crippen LogP contribution in [0.5, 0.6) is 0 Å². The summed E-state index contributed by atoms with van der Waals surface area (Å²) >= 11 is 0. The molecule has 24 heavy (non-hydrogen) atoms. The number of aliphatic hydroxyl groups is 1. The summed E-state index contributed by atoms with van der Waals surface area (Å²) in [7, 11) is 1.16. The van der Waals surface area contributed by atoms with E-state index in [1.165, 1.54) is 0 Å². The number of benzene rings is 1. The second-order valence-corrected chi connectivity index (χ2v) is 6.41. The van der Waals surface area contributed by atoms with E-state index in [2.05, 4.69) is 15.4 Å². The Morgan fingerprint density at radius 2 is 1.71 bits per heavy atom. The molecule has 2 amide bonds. The molecule has 0 heterocycles. The Balaban J connectivity index is 2.91. The Morgan fingerprint density at radius 3 is 2.17 bits per heavy atom. The highest BCUT2D eigenvalue weighted by Gasteiger charge is 2.35. The topological polar surface area (TPSA) is 105 Å². The molecule has 3 N–H and O–H groups in total. The third-order valence-corrected chi connectivity index (χ3v) is 3.42. The van der Waals surface area contributed by atoms with E-state index in [1.54, 1.807) is 51.1 Å². The van der Waals surface area contributed by atoms with Crippen molar-refractivity contribution in [3.8, 4) is 0 Å². The van der Waals surface area contributed by atoms with E-state index in [4.69, 9.17) is 0 Å². The van der Waals surface area contributed by atoms with E-state index < -0.39 is 41.9 Å². The monoisotopic (exact) mass is 336 g/mol. The summed E-state index contributed by atoms with van der Waals surface area (Å²) in [5.41, 5.74) is -0.184. The zero-order valence-electron chi connectivity index (χ0n) is 14.3. The lowest BCUT2D eigenvalue weighted by molar-refractivity contribution is -0.146. The summed E-state index contributed by atoms with van der Waals surface area (Å²) in [6.07, 6.45) is 0. The Hall–Kier alpha value is -2.41. The summed E-state index contributed by atoms with van der Waals surface area (Å²) in [6.45, 7) is 4.76. The van der Waals surface area contributed by atoms with E-state index in [-0.39, 0.29) is 0 Å². The Morgan fingerprint density at radius 1 is 1.12 bits per heavy atom. The van der Waals surface area contributed by atoms with Crippen LogP contribution in [0.15, 0.2) is 30.3 Å². The van der Waals surface area contributed by atoms with Gasteiger partial charge in [-0.3, -0.25) is 9.59 Å². The van der Waals surface area contributed by atoms with Gasteiger partial charge in [-0.05, 0) is 17.5 Å². The maximum Gasteiger partial charge on any atom is 0.330 e. The second kappa shape index (κ2) is 8.44. The van der Waals surface area contributed by atoms with Crippen molar-refractivity contribution in [3.05, 3.63) is 35.9 Å². The second-order valence-electron chi connectivity index (χ2n) is 6.41. The first-order valence-corrected chi connectivity index (χ1v) is 7.55. The first kappa shape index (κ1) is 19.6. The highest BCUT2D eigenvalue weighted by atomic mass is 16.5. The smallest absolute Gasteiger partial charge is 0.330 e. The van der Waals surface area contributed by atoms with E-state index >= 15 is 0 Å². The van der Waals surface area contributed by atoms with Gasteiger partial charge in [-0.15, -0.1) is 0 Å². The van der Waals surface area contributed by atoms with E-state index in [1.807, 2.05) is 0 Å². The predicted octanol–water partition coefficient (Wildman–Crippen LogP) is 0.481.